The molecule has 130 valence electrons. The van der Waals surface area contributed by atoms with Crippen LogP contribution in [0.5, 0.6) is 5.88 Å². The van der Waals surface area contributed by atoms with E-state index in [2.05, 4.69) is 28.1 Å². The van der Waals surface area contributed by atoms with Gasteiger partial charge in [-0.1, -0.05) is 18.2 Å². The van der Waals surface area contributed by atoms with Gasteiger partial charge in [0.15, 0.2) is 0 Å². The third kappa shape index (κ3) is 3.68. The lowest BCUT2D eigenvalue weighted by Gasteiger charge is -2.23. The van der Waals surface area contributed by atoms with Gasteiger partial charge < -0.3 is 15.4 Å². The molecule has 0 spiro atoms. The number of anilines is 2. The van der Waals surface area contributed by atoms with E-state index in [1.165, 1.54) is 0 Å². The molecule has 3 aromatic rings. The number of hydrogen-bond acceptors (Lipinski definition) is 4. The standard InChI is InChI=1S/C21H25N3O/c1-21(2,3)25-20-18-12-16(24(4)5)10-11-17(18)19(13-23-20)14-6-8-15(22)9-7-14/h6-13H,22H2,1-5H3. The van der Waals surface area contributed by atoms with Crippen molar-refractivity contribution in [2.45, 2.75) is 26.4 Å². The molecular formula is C21H25N3O. The van der Waals surface area contributed by atoms with Crippen LogP contribution in [-0.4, -0.2) is 24.7 Å². The van der Waals surface area contributed by atoms with Gasteiger partial charge in [0.05, 0.1) is 0 Å². The minimum absolute atomic E-state index is 0.309. The minimum Gasteiger partial charge on any atom is -0.471 e. The van der Waals surface area contributed by atoms with Crippen molar-refractivity contribution in [3.05, 3.63) is 48.7 Å². The van der Waals surface area contributed by atoms with Gasteiger partial charge in [0.2, 0.25) is 5.88 Å². The summed E-state index contributed by atoms with van der Waals surface area (Å²) in [5, 5.41) is 2.13. The number of fused-ring (bicyclic) bond motifs is 1. The van der Waals surface area contributed by atoms with Gasteiger partial charge in [-0.3, -0.25) is 0 Å². The molecule has 0 atom stereocenters. The predicted octanol–water partition coefficient (Wildman–Crippen LogP) is 4.73. The summed E-state index contributed by atoms with van der Waals surface area (Å²) < 4.78 is 6.11. The van der Waals surface area contributed by atoms with Crippen molar-refractivity contribution in [3.8, 4) is 17.0 Å². The Kier molecular flexibility index (Phi) is 4.29. The molecule has 0 saturated heterocycles. The fourth-order valence-electron chi connectivity index (χ4n) is 2.75. The number of ether oxygens (including phenoxy) is 1. The summed E-state index contributed by atoms with van der Waals surface area (Å²) >= 11 is 0. The second kappa shape index (κ2) is 6.28. The first kappa shape index (κ1) is 17.1. The molecule has 2 aromatic carbocycles. The SMILES string of the molecule is CN(C)c1ccc2c(-c3ccc(N)cc3)cnc(OC(C)(C)C)c2c1. The molecule has 0 aliphatic heterocycles. The van der Waals surface area contributed by atoms with Crippen LogP contribution in [0.15, 0.2) is 48.7 Å². The third-order valence-corrected chi connectivity index (χ3v) is 3.98. The molecule has 0 aliphatic carbocycles. The Hall–Kier alpha value is -2.75. The Bertz CT molecular complexity index is 893. The van der Waals surface area contributed by atoms with Crippen molar-refractivity contribution in [1.82, 2.24) is 4.98 Å². The Labute approximate surface area is 149 Å². The molecule has 0 bridgehead atoms. The fourth-order valence-corrected chi connectivity index (χ4v) is 2.75. The summed E-state index contributed by atoms with van der Waals surface area (Å²) in [5.74, 6) is 0.658. The van der Waals surface area contributed by atoms with Crippen LogP contribution >= 0.6 is 0 Å². The summed E-state index contributed by atoms with van der Waals surface area (Å²) in [4.78, 5) is 6.70. The van der Waals surface area contributed by atoms with Crippen molar-refractivity contribution in [2.75, 3.05) is 24.7 Å². The molecule has 0 unspecified atom stereocenters. The Morgan fingerprint density at radius 3 is 2.24 bits per heavy atom. The van der Waals surface area contributed by atoms with Crippen LogP contribution in [0.3, 0.4) is 0 Å². The van der Waals surface area contributed by atoms with Gasteiger partial charge in [0, 0.05) is 42.6 Å². The van der Waals surface area contributed by atoms with Gasteiger partial charge in [-0.05, 0) is 56.0 Å². The van der Waals surface area contributed by atoms with Crippen LogP contribution < -0.4 is 15.4 Å². The number of nitrogens with two attached hydrogens (primary N) is 1. The van der Waals surface area contributed by atoms with Crippen LogP contribution in [0, 0.1) is 0 Å². The van der Waals surface area contributed by atoms with Crippen molar-refractivity contribution < 1.29 is 4.74 Å². The van der Waals surface area contributed by atoms with Gasteiger partial charge >= 0.3 is 0 Å². The molecule has 0 fully saturated rings. The summed E-state index contributed by atoms with van der Waals surface area (Å²) in [6, 6.07) is 14.2. The van der Waals surface area contributed by atoms with E-state index < -0.39 is 0 Å². The summed E-state index contributed by atoms with van der Waals surface area (Å²) in [6.45, 7) is 6.10. The zero-order chi connectivity index (χ0) is 18.2. The first-order valence-electron chi connectivity index (χ1n) is 8.39. The maximum absolute atomic E-state index is 6.11. The van der Waals surface area contributed by atoms with Crippen molar-refractivity contribution in [1.29, 1.82) is 0 Å². The van der Waals surface area contributed by atoms with E-state index in [1.54, 1.807) is 0 Å². The lowest BCUT2D eigenvalue weighted by Crippen LogP contribution is -2.23. The minimum atomic E-state index is -0.309. The number of nitrogens with zero attached hydrogens (tertiary/aromatic N) is 2. The largest absolute Gasteiger partial charge is 0.471 e. The molecule has 4 heteroatoms. The van der Waals surface area contributed by atoms with E-state index in [-0.39, 0.29) is 5.60 Å². The summed E-state index contributed by atoms with van der Waals surface area (Å²) in [6.07, 6.45) is 1.88. The van der Waals surface area contributed by atoms with Gasteiger partial charge in [-0.15, -0.1) is 0 Å². The number of aromatic nitrogens is 1. The van der Waals surface area contributed by atoms with E-state index >= 15 is 0 Å². The molecule has 1 aromatic heterocycles. The first-order valence-corrected chi connectivity index (χ1v) is 8.39. The van der Waals surface area contributed by atoms with Crippen LogP contribution in [0.1, 0.15) is 20.8 Å². The third-order valence-electron chi connectivity index (χ3n) is 3.98. The Morgan fingerprint density at radius 2 is 1.64 bits per heavy atom. The number of benzene rings is 2. The van der Waals surface area contributed by atoms with Crippen molar-refractivity contribution in [2.24, 2.45) is 0 Å². The van der Waals surface area contributed by atoms with Gasteiger partial charge in [-0.25, -0.2) is 4.98 Å². The Balaban J connectivity index is 2.23. The monoisotopic (exact) mass is 335 g/mol. The first-order chi connectivity index (χ1) is 11.7. The van der Waals surface area contributed by atoms with Gasteiger partial charge in [-0.2, -0.15) is 0 Å². The highest BCUT2D eigenvalue weighted by atomic mass is 16.5. The average molecular weight is 335 g/mol. The predicted molar refractivity (Wildman–Crippen MR) is 106 cm³/mol. The van der Waals surface area contributed by atoms with E-state index in [0.29, 0.717) is 5.88 Å². The molecule has 0 saturated carbocycles. The van der Waals surface area contributed by atoms with Crippen LogP contribution in [0.25, 0.3) is 21.9 Å². The molecule has 0 radical (unpaired) electrons. The number of pyridine rings is 1. The molecule has 0 aliphatic rings. The maximum Gasteiger partial charge on any atom is 0.221 e. The van der Waals surface area contributed by atoms with Crippen LogP contribution in [-0.2, 0) is 0 Å². The summed E-state index contributed by atoms with van der Waals surface area (Å²) in [7, 11) is 4.06. The molecule has 0 amide bonds. The molecule has 2 N–H and O–H groups in total. The van der Waals surface area contributed by atoms with Crippen molar-refractivity contribution >= 4 is 22.1 Å². The number of rotatable bonds is 3. The van der Waals surface area contributed by atoms with Gasteiger partial charge in [0.25, 0.3) is 0 Å². The zero-order valence-corrected chi connectivity index (χ0v) is 15.5. The zero-order valence-electron chi connectivity index (χ0n) is 15.5. The highest BCUT2D eigenvalue weighted by molar-refractivity contribution is 6.00. The van der Waals surface area contributed by atoms with Crippen LogP contribution in [0.2, 0.25) is 0 Å². The fraction of sp³-hybridized carbons (Fsp3) is 0.286. The maximum atomic E-state index is 6.11. The van der Waals surface area contributed by atoms with E-state index in [4.69, 9.17) is 10.5 Å². The topological polar surface area (TPSA) is 51.4 Å². The highest BCUT2D eigenvalue weighted by Crippen LogP contribution is 2.36. The van der Waals surface area contributed by atoms with Gasteiger partial charge in [0.1, 0.15) is 5.60 Å². The number of nitrogen functional groups attached to an aromatic ring is 1. The highest BCUT2D eigenvalue weighted by Gasteiger charge is 2.17. The molecule has 3 rings (SSSR count). The molecule has 1 heterocycles. The number of hydrogen-bond donors (Lipinski definition) is 1. The van der Waals surface area contributed by atoms with Crippen molar-refractivity contribution in [3.63, 3.8) is 0 Å². The Morgan fingerprint density at radius 1 is 0.960 bits per heavy atom. The van der Waals surface area contributed by atoms with Crippen LogP contribution in [0.4, 0.5) is 11.4 Å². The van der Waals surface area contributed by atoms with E-state index in [9.17, 15) is 0 Å². The molecule has 4 nitrogen and oxygen atoms in total. The molecular weight excluding hydrogens is 310 g/mol. The molecule has 25 heavy (non-hydrogen) atoms. The summed E-state index contributed by atoms with van der Waals surface area (Å²) in [5.41, 5.74) is 9.54. The average Bonchev–Trinajstić information content (AvgIpc) is 2.54. The second-order valence-electron chi connectivity index (χ2n) is 7.44. The second-order valence-corrected chi connectivity index (χ2v) is 7.44. The lowest BCUT2D eigenvalue weighted by molar-refractivity contribution is 0.126. The lowest BCUT2D eigenvalue weighted by atomic mass is 10.00. The smallest absolute Gasteiger partial charge is 0.221 e. The quantitative estimate of drug-likeness (QED) is 0.703. The van der Waals surface area contributed by atoms with E-state index in [0.717, 1.165) is 33.3 Å². The normalized spacial score (nSPS) is 11.6. The van der Waals surface area contributed by atoms with E-state index in [1.807, 2.05) is 65.3 Å².